The van der Waals surface area contributed by atoms with Crippen LogP contribution in [0, 0.1) is 0 Å². The number of hydrogen-bond acceptors (Lipinski definition) is 0. The molecule has 1 heteroatoms. The Bertz CT molecular complexity index is 770. The third kappa shape index (κ3) is 4.68. The van der Waals surface area contributed by atoms with E-state index in [1.165, 1.54) is 21.7 Å². The first-order valence-corrected chi connectivity index (χ1v) is 10.1. The van der Waals surface area contributed by atoms with E-state index in [1.807, 2.05) is 0 Å². The van der Waals surface area contributed by atoms with Gasteiger partial charge in [0.25, 0.3) is 0 Å². The van der Waals surface area contributed by atoms with Crippen molar-refractivity contribution < 1.29 is 0 Å². The zero-order valence-electron chi connectivity index (χ0n) is 15.2. The molecule has 0 aliphatic carbocycles. The second-order valence-corrected chi connectivity index (χ2v) is 9.30. The van der Waals surface area contributed by atoms with Crippen LogP contribution in [0.4, 0.5) is 0 Å². The molecule has 0 saturated heterocycles. The second kappa shape index (κ2) is 7.81. The Kier molecular flexibility index (Phi) is 5.51. The number of hydrogen-bond donors (Lipinski definition) is 0. The van der Waals surface area contributed by atoms with E-state index in [2.05, 4.69) is 118 Å². The van der Waals surface area contributed by atoms with Crippen molar-refractivity contribution in [2.45, 2.75) is 26.2 Å². The lowest BCUT2D eigenvalue weighted by molar-refractivity contribution is 0.590. The summed E-state index contributed by atoms with van der Waals surface area (Å²) in [7, 11) is -0.485. The van der Waals surface area contributed by atoms with Gasteiger partial charge in [0.2, 0.25) is 0 Å². The van der Waals surface area contributed by atoms with Gasteiger partial charge in [-0.05, 0) is 35.1 Å². The minimum absolute atomic E-state index is 0.197. The molecule has 0 aliphatic rings. The molecule has 0 radical (unpaired) electrons. The molecule has 0 bridgehead atoms. The van der Waals surface area contributed by atoms with E-state index in [0.717, 1.165) is 0 Å². The van der Waals surface area contributed by atoms with E-state index in [4.69, 9.17) is 0 Å². The largest absolute Gasteiger partial charge is 0.0622 e. The highest BCUT2D eigenvalue weighted by molar-refractivity contribution is 7.75. The predicted molar refractivity (Wildman–Crippen MR) is 113 cm³/mol. The molecule has 3 aromatic carbocycles. The van der Waals surface area contributed by atoms with E-state index >= 15 is 0 Å². The lowest BCUT2D eigenvalue weighted by Gasteiger charge is -2.19. The van der Waals surface area contributed by atoms with Crippen molar-refractivity contribution in [3.05, 3.63) is 102 Å². The lowest BCUT2D eigenvalue weighted by Crippen LogP contribution is -2.10. The Hall–Kier alpha value is -2.17. The summed E-state index contributed by atoms with van der Waals surface area (Å²) in [4.78, 5) is 0. The molecule has 0 spiro atoms. The molecule has 25 heavy (non-hydrogen) atoms. The summed E-state index contributed by atoms with van der Waals surface area (Å²) in [6, 6.07) is 30.5. The summed E-state index contributed by atoms with van der Waals surface area (Å²) in [5.41, 5.74) is 2.83. The van der Waals surface area contributed by atoms with Gasteiger partial charge in [0.1, 0.15) is 0 Å². The van der Waals surface area contributed by atoms with Gasteiger partial charge in [-0.3, -0.25) is 0 Å². The maximum Gasteiger partial charge on any atom is -0.0132 e. The summed E-state index contributed by atoms with van der Waals surface area (Å²) in [5, 5.41) is 2.76. The summed E-state index contributed by atoms with van der Waals surface area (Å²) in [6.07, 6.45) is 2.26. The monoisotopic (exact) mass is 344 g/mol. The van der Waals surface area contributed by atoms with Crippen molar-refractivity contribution in [2.24, 2.45) is 0 Å². The Morgan fingerprint density at radius 1 is 0.640 bits per heavy atom. The molecule has 126 valence electrons. The van der Waals surface area contributed by atoms with E-state index in [9.17, 15) is 0 Å². The zero-order valence-corrected chi connectivity index (χ0v) is 16.1. The van der Waals surface area contributed by atoms with Crippen LogP contribution in [-0.2, 0) is 5.41 Å². The minimum atomic E-state index is -0.485. The molecule has 0 fully saturated rings. The first-order chi connectivity index (χ1) is 12.0. The average molecular weight is 344 g/mol. The van der Waals surface area contributed by atoms with Gasteiger partial charge in [-0.2, -0.15) is 0 Å². The third-order valence-corrected chi connectivity index (χ3v) is 6.42. The second-order valence-electron chi connectivity index (χ2n) is 7.23. The SMILES string of the molecule is CC(C)(C)c1ccc(/C=C/P(c2ccccc2)c2ccccc2)cc1. The van der Waals surface area contributed by atoms with Crippen molar-refractivity contribution in [1.29, 1.82) is 0 Å². The fourth-order valence-electron chi connectivity index (χ4n) is 2.75. The Labute approximate surface area is 153 Å². The third-order valence-electron chi connectivity index (χ3n) is 4.26. The van der Waals surface area contributed by atoms with Crippen LogP contribution in [0.5, 0.6) is 0 Å². The first-order valence-electron chi connectivity index (χ1n) is 8.72. The normalized spacial score (nSPS) is 12.0. The quantitative estimate of drug-likeness (QED) is 0.503. The van der Waals surface area contributed by atoms with Gasteiger partial charge < -0.3 is 0 Å². The van der Waals surface area contributed by atoms with E-state index < -0.39 is 7.92 Å². The van der Waals surface area contributed by atoms with Gasteiger partial charge in [-0.15, -0.1) is 0 Å². The highest BCUT2D eigenvalue weighted by Gasteiger charge is 2.13. The van der Waals surface area contributed by atoms with Crippen LogP contribution < -0.4 is 10.6 Å². The van der Waals surface area contributed by atoms with Crippen molar-refractivity contribution >= 4 is 24.6 Å². The van der Waals surface area contributed by atoms with Gasteiger partial charge >= 0.3 is 0 Å². The van der Waals surface area contributed by atoms with E-state index in [0.29, 0.717) is 0 Å². The smallest absolute Gasteiger partial charge is 0.0132 e. The standard InChI is InChI=1S/C24H25P/c1-24(2,3)21-16-14-20(15-17-21)18-19-25(22-10-6-4-7-11-22)23-12-8-5-9-13-23/h4-19H,1-3H3/b19-18+. The average Bonchev–Trinajstić information content (AvgIpc) is 2.63. The number of benzene rings is 3. The molecule has 0 atom stereocenters. The van der Waals surface area contributed by atoms with Gasteiger partial charge in [0, 0.05) is 0 Å². The maximum atomic E-state index is 2.37. The van der Waals surface area contributed by atoms with E-state index in [-0.39, 0.29) is 5.41 Å². The van der Waals surface area contributed by atoms with Crippen LogP contribution in [0.15, 0.2) is 90.7 Å². The van der Waals surface area contributed by atoms with Crippen molar-refractivity contribution in [3.63, 3.8) is 0 Å². The van der Waals surface area contributed by atoms with Crippen LogP contribution in [0.2, 0.25) is 0 Å². The Balaban J connectivity index is 1.89. The van der Waals surface area contributed by atoms with Gasteiger partial charge in [0.05, 0.1) is 0 Å². The van der Waals surface area contributed by atoms with Crippen LogP contribution in [-0.4, -0.2) is 0 Å². The molecule has 3 aromatic rings. The fraction of sp³-hybridized carbons (Fsp3) is 0.167. The Morgan fingerprint density at radius 2 is 1.12 bits per heavy atom. The van der Waals surface area contributed by atoms with Crippen molar-refractivity contribution in [1.82, 2.24) is 0 Å². The molecule has 0 aromatic heterocycles. The lowest BCUT2D eigenvalue weighted by atomic mass is 9.87. The molecular formula is C24H25P. The number of rotatable bonds is 4. The molecule has 0 amide bonds. The summed E-state index contributed by atoms with van der Waals surface area (Å²) < 4.78 is 0. The Morgan fingerprint density at radius 3 is 1.56 bits per heavy atom. The molecule has 0 N–H and O–H groups in total. The van der Waals surface area contributed by atoms with Crippen molar-refractivity contribution in [3.8, 4) is 0 Å². The first kappa shape index (κ1) is 17.6. The zero-order chi connectivity index (χ0) is 17.7. The molecule has 0 saturated carbocycles. The van der Waals surface area contributed by atoms with Crippen LogP contribution in [0.1, 0.15) is 31.9 Å². The highest BCUT2D eigenvalue weighted by atomic mass is 31.1. The predicted octanol–water partition coefficient (Wildman–Crippen LogP) is 6.09. The van der Waals surface area contributed by atoms with Crippen LogP contribution in [0.25, 0.3) is 6.08 Å². The minimum Gasteiger partial charge on any atom is -0.0622 e. The molecule has 0 heterocycles. The molecule has 0 unspecified atom stereocenters. The molecular weight excluding hydrogens is 319 g/mol. The van der Waals surface area contributed by atoms with Crippen LogP contribution >= 0.6 is 7.92 Å². The van der Waals surface area contributed by atoms with Gasteiger partial charge in [0.15, 0.2) is 0 Å². The maximum absolute atomic E-state index is 2.37. The van der Waals surface area contributed by atoms with Crippen molar-refractivity contribution in [2.75, 3.05) is 0 Å². The molecule has 0 nitrogen and oxygen atoms in total. The molecule has 3 rings (SSSR count). The topological polar surface area (TPSA) is 0 Å². The van der Waals surface area contributed by atoms with Gasteiger partial charge in [-0.1, -0.05) is 118 Å². The summed E-state index contributed by atoms with van der Waals surface area (Å²) in [6.45, 7) is 6.76. The summed E-state index contributed by atoms with van der Waals surface area (Å²) in [5.74, 6) is 2.37. The van der Waals surface area contributed by atoms with Crippen LogP contribution in [0.3, 0.4) is 0 Å². The van der Waals surface area contributed by atoms with E-state index in [1.54, 1.807) is 0 Å². The highest BCUT2D eigenvalue weighted by Crippen LogP contribution is 2.36. The fourth-order valence-corrected chi connectivity index (χ4v) is 4.70. The summed E-state index contributed by atoms with van der Waals surface area (Å²) >= 11 is 0. The molecule has 0 aliphatic heterocycles. The van der Waals surface area contributed by atoms with Gasteiger partial charge in [-0.25, -0.2) is 0 Å².